The Bertz CT molecular complexity index is 539. The summed E-state index contributed by atoms with van der Waals surface area (Å²) in [5.74, 6) is -0.597. The number of hydrogen-bond acceptors (Lipinski definition) is 4. The van der Waals surface area contributed by atoms with E-state index in [9.17, 15) is 14.7 Å². The maximum Gasteiger partial charge on any atom is 0.326 e. The van der Waals surface area contributed by atoms with Crippen molar-refractivity contribution in [1.29, 1.82) is 0 Å². The van der Waals surface area contributed by atoms with Gasteiger partial charge in [-0.05, 0) is 32.1 Å². The lowest BCUT2D eigenvalue weighted by atomic mass is 10.0. The molecule has 0 bridgehead atoms. The molecule has 1 amide bonds. The highest BCUT2D eigenvalue weighted by Crippen LogP contribution is 2.26. The average Bonchev–Trinajstić information content (AvgIpc) is 2.77. The van der Waals surface area contributed by atoms with Crippen molar-refractivity contribution in [1.82, 2.24) is 9.88 Å². The van der Waals surface area contributed by atoms with Gasteiger partial charge in [-0.15, -0.1) is 11.3 Å². The minimum absolute atomic E-state index is 0.174. The highest BCUT2D eigenvalue weighted by Gasteiger charge is 2.34. The van der Waals surface area contributed by atoms with Crippen LogP contribution in [0.25, 0.3) is 0 Å². The van der Waals surface area contributed by atoms with Crippen LogP contribution < -0.4 is 0 Å². The monoisotopic (exact) mass is 310 g/mol. The van der Waals surface area contributed by atoms with Crippen LogP contribution in [-0.2, 0) is 11.2 Å². The zero-order valence-electron chi connectivity index (χ0n) is 12.8. The van der Waals surface area contributed by atoms with E-state index in [-0.39, 0.29) is 5.91 Å². The van der Waals surface area contributed by atoms with Crippen LogP contribution in [-0.4, -0.2) is 39.5 Å². The summed E-state index contributed by atoms with van der Waals surface area (Å²) in [4.78, 5) is 30.6. The van der Waals surface area contributed by atoms with E-state index in [2.05, 4.69) is 18.8 Å². The zero-order valence-corrected chi connectivity index (χ0v) is 13.6. The van der Waals surface area contributed by atoms with Gasteiger partial charge in [-0.25, -0.2) is 9.78 Å². The van der Waals surface area contributed by atoms with Crippen LogP contribution in [0.15, 0.2) is 0 Å². The summed E-state index contributed by atoms with van der Waals surface area (Å²) in [6.45, 7) is 6.58. The molecule has 1 atom stereocenters. The number of thiazole rings is 1. The van der Waals surface area contributed by atoms with E-state index >= 15 is 0 Å². The molecule has 2 heterocycles. The Hall–Kier alpha value is -1.43. The Morgan fingerprint density at radius 1 is 1.43 bits per heavy atom. The van der Waals surface area contributed by atoms with Crippen LogP contribution in [0, 0.1) is 12.8 Å². The Morgan fingerprint density at radius 2 is 2.14 bits per heavy atom. The summed E-state index contributed by atoms with van der Waals surface area (Å²) < 4.78 is 0. The highest BCUT2D eigenvalue weighted by molar-refractivity contribution is 7.13. The number of likely N-dealkylation sites (tertiary alicyclic amines) is 1. The minimum atomic E-state index is -0.910. The van der Waals surface area contributed by atoms with Gasteiger partial charge in [-0.3, -0.25) is 4.79 Å². The van der Waals surface area contributed by atoms with Gasteiger partial charge in [0.05, 0.1) is 10.7 Å². The van der Waals surface area contributed by atoms with Gasteiger partial charge in [-0.2, -0.15) is 0 Å². The van der Waals surface area contributed by atoms with Crippen molar-refractivity contribution in [3.8, 4) is 0 Å². The topological polar surface area (TPSA) is 70.5 Å². The van der Waals surface area contributed by atoms with Crippen molar-refractivity contribution >= 4 is 23.2 Å². The largest absolute Gasteiger partial charge is 0.480 e. The normalized spacial score (nSPS) is 19.0. The van der Waals surface area contributed by atoms with Crippen LogP contribution in [0.2, 0.25) is 0 Å². The molecule has 1 aromatic heterocycles. The molecule has 0 aromatic carbocycles. The molecule has 0 radical (unpaired) electrons. The maximum atomic E-state index is 12.7. The Labute approximate surface area is 129 Å². The molecule has 1 N–H and O–H groups in total. The predicted octanol–water partition coefficient (Wildman–Crippen LogP) is 2.73. The molecule has 0 aliphatic carbocycles. The third-order valence-electron chi connectivity index (χ3n) is 3.67. The lowest BCUT2D eigenvalue weighted by molar-refractivity contribution is -0.143. The molecule has 0 unspecified atom stereocenters. The Balaban J connectivity index is 2.22. The first kappa shape index (κ1) is 15.9. The van der Waals surface area contributed by atoms with Crippen LogP contribution in [0.4, 0.5) is 0 Å². The van der Waals surface area contributed by atoms with Crippen molar-refractivity contribution in [2.45, 2.75) is 52.5 Å². The molecule has 1 fully saturated rings. The van der Waals surface area contributed by atoms with Crippen molar-refractivity contribution in [3.05, 3.63) is 15.6 Å². The fraction of sp³-hybridized carbons (Fsp3) is 0.667. The Kier molecular flexibility index (Phi) is 4.98. The number of amides is 1. The second kappa shape index (κ2) is 6.56. The molecule has 2 rings (SSSR count). The number of aromatic nitrogens is 1. The van der Waals surface area contributed by atoms with Crippen LogP contribution >= 0.6 is 11.3 Å². The summed E-state index contributed by atoms with van der Waals surface area (Å²) in [7, 11) is 0. The van der Waals surface area contributed by atoms with Gasteiger partial charge in [0.1, 0.15) is 10.9 Å². The molecule has 0 saturated carbocycles. The van der Waals surface area contributed by atoms with Gasteiger partial charge >= 0.3 is 5.97 Å². The number of piperidine rings is 1. The summed E-state index contributed by atoms with van der Waals surface area (Å²) in [5, 5.41) is 10.2. The summed E-state index contributed by atoms with van der Waals surface area (Å²) in [5.41, 5.74) is 0.718. The molecule has 1 saturated heterocycles. The number of aryl methyl sites for hydroxylation is 1. The minimum Gasteiger partial charge on any atom is -0.480 e. The quantitative estimate of drug-likeness (QED) is 0.928. The number of hydrogen-bond donors (Lipinski definition) is 1. The van der Waals surface area contributed by atoms with E-state index in [1.165, 1.54) is 16.2 Å². The molecule has 0 spiro atoms. The molecular formula is C15H22N2O3S. The van der Waals surface area contributed by atoms with Crippen LogP contribution in [0.5, 0.6) is 0 Å². The standard InChI is InChI=1S/C15H22N2O3S/c1-9(2)8-12-16-10(3)13(21-12)14(18)17-7-5-4-6-11(17)15(19)20/h9,11H,4-8H2,1-3H3,(H,19,20)/t11-/m0/s1. The predicted molar refractivity (Wildman–Crippen MR) is 81.7 cm³/mol. The van der Waals surface area contributed by atoms with Gasteiger partial charge < -0.3 is 10.0 Å². The number of nitrogens with zero attached hydrogens (tertiary/aromatic N) is 2. The first-order chi connectivity index (χ1) is 9.90. The van der Waals surface area contributed by atoms with Crippen molar-refractivity contribution in [3.63, 3.8) is 0 Å². The molecule has 1 aliphatic heterocycles. The molecule has 116 valence electrons. The molecule has 5 nitrogen and oxygen atoms in total. The van der Waals surface area contributed by atoms with E-state index in [1.54, 1.807) is 0 Å². The van der Waals surface area contributed by atoms with Gasteiger partial charge in [0.2, 0.25) is 0 Å². The fourth-order valence-corrected chi connectivity index (χ4v) is 3.88. The average molecular weight is 310 g/mol. The van der Waals surface area contributed by atoms with Crippen LogP contribution in [0.3, 0.4) is 0 Å². The number of carboxylic acid groups (broad SMARTS) is 1. The van der Waals surface area contributed by atoms with E-state index in [1.807, 2.05) is 6.92 Å². The number of carboxylic acids is 1. The zero-order chi connectivity index (χ0) is 15.6. The van der Waals surface area contributed by atoms with Crippen molar-refractivity contribution in [2.75, 3.05) is 6.54 Å². The number of rotatable bonds is 4. The Morgan fingerprint density at radius 3 is 2.76 bits per heavy atom. The third kappa shape index (κ3) is 3.61. The first-order valence-electron chi connectivity index (χ1n) is 7.40. The van der Waals surface area contributed by atoms with Gasteiger partial charge in [0.25, 0.3) is 5.91 Å². The van der Waals surface area contributed by atoms with Gasteiger partial charge in [0.15, 0.2) is 0 Å². The lowest BCUT2D eigenvalue weighted by Gasteiger charge is -2.32. The smallest absolute Gasteiger partial charge is 0.326 e. The number of carbonyl (C=O) groups excluding carboxylic acids is 1. The van der Waals surface area contributed by atoms with E-state index in [0.29, 0.717) is 23.8 Å². The molecule has 6 heteroatoms. The summed E-state index contributed by atoms with van der Waals surface area (Å²) in [6, 6.07) is -0.693. The molecule has 21 heavy (non-hydrogen) atoms. The fourth-order valence-electron chi connectivity index (χ4n) is 2.65. The van der Waals surface area contributed by atoms with Crippen molar-refractivity contribution in [2.24, 2.45) is 5.92 Å². The first-order valence-corrected chi connectivity index (χ1v) is 8.22. The molecule has 1 aromatic rings. The lowest BCUT2D eigenvalue weighted by Crippen LogP contribution is -2.47. The van der Waals surface area contributed by atoms with Gasteiger partial charge in [0, 0.05) is 13.0 Å². The maximum absolute atomic E-state index is 12.7. The second-order valence-electron chi connectivity index (χ2n) is 5.97. The van der Waals surface area contributed by atoms with Crippen LogP contribution in [0.1, 0.15) is 53.5 Å². The van der Waals surface area contributed by atoms with E-state index in [0.717, 1.165) is 30.0 Å². The third-order valence-corrected chi connectivity index (χ3v) is 4.83. The molecular weight excluding hydrogens is 288 g/mol. The van der Waals surface area contributed by atoms with E-state index < -0.39 is 12.0 Å². The number of carbonyl (C=O) groups is 2. The van der Waals surface area contributed by atoms with E-state index in [4.69, 9.17) is 0 Å². The number of aliphatic carboxylic acids is 1. The summed E-state index contributed by atoms with van der Waals surface area (Å²) >= 11 is 1.41. The van der Waals surface area contributed by atoms with Crippen molar-refractivity contribution < 1.29 is 14.7 Å². The SMILES string of the molecule is Cc1nc(CC(C)C)sc1C(=O)N1CCCC[C@H]1C(=O)O. The molecule has 1 aliphatic rings. The summed E-state index contributed by atoms with van der Waals surface area (Å²) in [6.07, 6.45) is 3.12. The van der Waals surface area contributed by atoms with Gasteiger partial charge in [-0.1, -0.05) is 13.8 Å². The highest BCUT2D eigenvalue weighted by atomic mass is 32.1. The second-order valence-corrected chi connectivity index (χ2v) is 7.05.